The van der Waals surface area contributed by atoms with Gasteiger partial charge in [0.25, 0.3) is 0 Å². The maximum Gasteiger partial charge on any atom is 0.308 e. The minimum absolute atomic E-state index is 0.132. The number of aromatic nitrogens is 1. The minimum atomic E-state index is -0.746. The number of unbranched alkanes of at least 4 members (excludes halogenated alkanes) is 5. The fourth-order valence-corrected chi connectivity index (χ4v) is 2.77. The van der Waals surface area contributed by atoms with E-state index in [1.54, 1.807) is 0 Å². The molecule has 0 fully saturated rings. The highest BCUT2D eigenvalue weighted by Gasteiger charge is 2.16. The van der Waals surface area contributed by atoms with Gasteiger partial charge in [-0.1, -0.05) is 39.5 Å². The van der Waals surface area contributed by atoms with Crippen LogP contribution in [0.1, 0.15) is 70.1 Å². The van der Waals surface area contributed by atoms with Gasteiger partial charge in [0.05, 0.1) is 6.42 Å². The number of aliphatic carboxylic acids is 1. The van der Waals surface area contributed by atoms with Crippen molar-refractivity contribution in [2.75, 3.05) is 0 Å². The fraction of sp³-hybridized carbons (Fsp3) is 0.667. The molecule has 21 heavy (non-hydrogen) atoms. The molecule has 0 aliphatic heterocycles. The Labute approximate surface area is 129 Å². The Morgan fingerprint density at radius 2 is 1.81 bits per heavy atom. The first-order chi connectivity index (χ1) is 10.2. The van der Waals surface area contributed by atoms with E-state index in [1.807, 2.05) is 12.1 Å². The molecule has 3 nitrogen and oxygen atoms in total. The van der Waals surface area contributed by atoms with Crippen molar-refractivity contribution in [1.29, 1.82) is 0 Å². The van der Waals surface area contributed by atoms with Gasteiger partial charge in [-0.25, -0.2) is 4.57 Å². The van der Waals surface area contributed by atoms with Crippen molar-refractivity contribution >= 4 is 5.97 Å². The molecule has 0 saturated carbocycles. The van der Waals surface area contributed by atoms with Crippen LogP contribution >= 0.6 is 0 Å². The summed E-state index contributed by atoms with van der Waals surface area (Å²) in [5.41, 5.74) is 2.17. The Bertz CT molecular complexity index is 429. The molecule has 0 atom stereocenters. The molecule has 0 bridgehead atoms. The molecule has 0 saturated heterocycles. The summed E-state index contributed by atoms with van der Waals surface area (Å²) < 4.78 is 2.27. The summed E-state index contributed by atoms with van der Waals surface area (Å²) in [5, 5.41) is 9.04. The molecule has 0 amide bonds. The highest BCUT2D eigenvalue weighted by Crippen LogP contribution is 2.09. The average molecular weight is 292 g/mol. The van der Waals surface area contributed by atoms with Gasteiger partial charge in [0.15, 0.2) is 11.9 Å². The van der Waals surface area contributed by atoms with Gasteiger partial charge in [-0.15, -0.1) is 0 Å². The van der Waals surface area contributed by atoms with Crippen LogP contribution in [0.2, 0.25) is 0 Å². The summed E-state index contributed by atoms with van der Waals surface area (Å²) >= 11 is 0. The molecule has 3 heteroatoms. The van der Waals surface area contributed by atoms with Crippen molar-refractivity contribution in [3.05, 3.63) is 29.6 Å². The van der Waals surface area contributed by atoms with Crippen molar-refractivity contribution in [1.82, 2.24) is 0 Å². The van der Waals surface area contributed by atoms with E-state index in [1.165, 1.54) is 44.2 Å². The zero-order chi connectivity index (χ0) is 15.5. The minimum Gasteiger partial charge on any atom is -0.481 e. The van der Waals surface area contributed by atoms with Gasteiger partial charge < -0.3 is 5.11 Å². The standard InChI is InChI=1S/C18H29NO2/c1-3-5-6-7-8-9-13-19-14-10-12-16(15-18(20)21)17(19)11-4-2/h10,12,14H,3-9,11,13,15H2,1-2H3/p+1. The molecule has 0 aromatic carbocycles. The number of aryl methyl sites for hydroxylation is 1. The molecular formula is C18H30NO2+. The van der Waals surface area contributed by atoms with Gasteiger partial charge in [0.1, 0.15) is 6.54 Å². The van der Waals surface area contributed by atoms with Crippen molar-refractivity contribution in [3.8, 4) is 0 Å². The zero-order valence-electron chi connectivity index (χ0n) is 13.6. The van der Waals surface area contributed by atoms with E-state index in [2.05, 4.69) is 24.6 Å². The lowest BCUT2D eigenvalue weighted by atomic mass is 10.1. The van der Waals surface area contributed by atoms with Gasteiger partial charge in [-0.3, -0.25) is 4.79 Å². The summed E-state index contributed by atoms with van der Waals surface area (Å²) in [4.78, 5) is 11.0. The van der Waals surface area contributed by atoms with Crippen LogP contribution in [-0.2, 0) is 24.2 Å². The van der Waals surface area contributed by atoms with E-state index in [9.17, 15) is 4.79 Å². The molecule has 0 aliphatic carbocycles. The molecular weight excluding hydrogens is 262 g/mol. The Kier molecular flexibility index (Phi) is 8.72. The molecule has 0 radical (unpaired) electrons. The molecule has 118 valence electrons. The van der Waals surface area contributed by atoms with Gasteiger partial charge in [0.2, 0.25) is 0 Å². The third kappa shape index (κ3) is 6.74. The number of carboxylic acids is 1. The number of hydrogen-bond donors (Lipinski definition) is 1. The normalized spacial score (nSPS) is 10.8. The van der Waals surface area contributed by atoms with Gasteiger partial charge in [-0.2, -0.15) is 0 Å². The molecule has 0 spiro atoms. The van der Waals surface area contributed by atoms with E-state index in [-0.39, 0.29) is 6.42 Å². The second-order valence-corrected chi connectivity index (χ2v) is 5.76. The average Bonchev–Trinajstić information content (AvgIpc) is 2.45. The second kappa shape index (κ2) is 10.4. The van der Waals surface area contributed by atoms with Crippen LogP contribution in [0.25, 0.3) is 0 Å². The van der Waals surface area contributed by atoms with Gasteiger partial charge in [0, 0.05) is 24.5 Å². The highest BCUT2D eigenvalue weighted by atomic mass is 16.4. The fourth-order valence-electron chi connectivity index (χ4n) is 2.77. The molecule has 0 unspecified atom stereocenters. The summed E-state index contributed by atoms with van der Waals surface area (Å²) in [5.74, 6) is -0.746. The van der Waals surface area contributed by atoms with Crippen LogP contribution in [0.3, 0.4) is 0 Å². The number of pyridine rings is 1. The molecule has 1 aromatic heterocycles. The van der Waals surface area contributed by atoms with Crippen LogP contribution in [0.15, 0.2) is 18.3 Å². The van der Waals surface area contributed by atoms with E-state index in [0.29, 0.717) is 0 Å². The van der Waals surface area contributed by atoms with Crippen LogP contribution in [-0.4, -0.2) is 11.1 Å². The topological polar surface area (TPSA) is 41.2 Å². The SMILES string of the molecule is CCCCCCCC[n+]1cccc(CC(=O)O)c1CCC. The number of nitrogens with zero attached hydrogens (tertiary/aromatic N) is 1. The van der Waals surface area contributed by atoms with Crippen molar-refractivity contribution in [2.24, 2.45) is 0 Å². The smallest absolute Gasteiger partial charge is 0.308 e. The first-order valence-corrected chi connectivity index (χ1v) is 8.41. The van der Waals surface area contributed by atoms with Crippen molar-refractivity contribution in [2.45, 2.75) is 78.2 Å². The first kappa shape index (κ1) is 17.7. The monoisotopic (exact) mass is 292 g/mol. The second-order valence-electron chi connectivity index (χ2n) is 5.76. The Balaban J connectivity index is 2.61. The number of carbonyl (C=O) groups is 1. The number of carboxylic acid groups (broad SMARTS) is 1. The molecule has 0 aliphatic rings. The molecule has 1 rings (SSSR count). The third-order valence-corrected chi connectivity index (χ3v) is 3.86. The van der Waals surface area contributed by atoms with Crippen LogP contribution in [0.5, 0.6) is 0 Å². The summed E-state index contributed by atoms with van der Waals surface area (Å²) in [6.45, 7) is 5.39. The lowest BCUT2D eigenvalue weighted by molar-refractivity contribution is -0.705. The zero-order valence-corrected chi connectivity index (χ0v) is 13.6. The number of hydrogen-bond acceptors (Lipinski definition) is 1. The predicted octanol–water partition coefficient (Wildman–Crippen LogP) is 3.91. The molecule has 1 heterocycles. The van der Waals surface area contributed by atoms with Crippen molar-refractivity contribution in [3.63, 3.8) is 0 Å². The maximum absolute atomic E-state index is 11.0. The largest absolute Gasteiger partial charge is 0.481 e. The van der Waals surface area contributed by atoms with Gasteiger partial charge >= 0.3 is 5.97 Å². The van der Waals surface area contributed by atoms with Gasteiger partial charge in [-0.05, 0) is 18.9 Å². The van der Waals surface area contributed by atoms with E-state index < -0.39 is 5.97 Å². The van der Waals surface area contributed by atoms with Crippen LogP contribution < -0.4 is 4.57 Å². The third-order valence-electron chi connectivity index (χ3n) is 3.86. The lowest BCUT2D eigenvalue weighted by Crippen LogP contribution is -2.39. The summed E-state index contributed by atoms with van der Waals surface area (Å²) in [6.07, 6.45) is 12.0. The van der Waals surface area contributed by atoms with E-state index >= 15 is 0 Å². The lowest BCUT2D eigenvalue weighted by Gasteiger charge is -2.08. The van der Waals surface area contributed by atoms with E-state index in [0.717, 1.165) is 24.9 Å². The quantitative estimate of drug-likeness (QED) is 0.496. The maximum atomic E-state index is 11.0. The molecule has 1 N–H and O–H groups in total. The van der Waals surface area contributed by atoms with Crippen molar-refractivity contribution < 1.29 is 14.5 Å². The highest BCUT2D eigenvalue weighted by molar-refractivity contribution is 5.70. The summed E-state index contributed by atoms with van der Waals surface area (Å²) in [6, 6.07) is 3.94. The van der Waals surface area contributed by atoms with Crippen LogP contribution in [0, 0.1) is 0 Å². The molecule has 1 aromatic rings. The Hall–Kier alpha value is -1.38. The predicted molar refractivity (Wildman–Crippen MR) is 85.3 cm³/mol. The Morgan fingerprint density at radius 1 is 1.10 bits per heavy atom. The Morgan fingerprint density at radius 3 is 2.48 bits per heavy atom. The first-order valence-electron chi connectivity index (χ1n) is 8.41. The summed E-state index contributed by atoms with van der Waals surface area (Å²) in [7, 11) is 0. The van der Waals surface area contributed by atoms with E-state index in [4.69, 9.17) is 5.11 Å². The number of rotatable bonds is 11. The van der Waals surface area contributed by atoms with Crippen LogP contribution in [0.4, 0.5) is 0 Å².